The molecule has 104 valence electrons. The fourth-order valence-corrected chi connectivity index (χ4v) is 2.26. The lowest BCUT2D eigenvalue weighted by atomic mass is 10.1. The quantitative estimate of drug-likeness (QED) is 0.838. The molecule has 0 unspecified atom stereocenters. The van der Waals surface area contributed by atoms with Gasteiger partial charge in [0.1, 0.15) is 5.65 Å². The second-order valence-corrected chi connectivity index (χ2v) is 5.47. The lowest BCUT2D eigenvalue weighted by Crippen LogP contribution is -2.35. The molecule has 20 heavy (non-hydrogen) atoms. The minimum atomic E-state index is -1.09. The normalized spacial score (nSPS) is 17.9. The number of hydrogen-bond donors (Lipinski definition) is 0. The Morgan fingerprint density at radius 2 is 2.00 bits per heavy atom. The molecule has 1 saturated heterocycles. The lowest BCUT2D eigenvalue weighted by Gasteiger charge is -2.12. The van der Waals surface area contributed by atoms with Crippen LogP contribution in [-0.2, 0) is 16.1 Å². The Balaban J connectivity index is 1.90. The molecular formula is C14H15N3O3. The van der Waals surface area contributed by atoms with Gasteiger partial charge in [-0.05, 0) is 32.4 Å². The van der Waals surface area contributed by atoms with Gasteiger partial charge in [-0.25, -0.2) is 14.7 Å². The monoisotopic (exact) mass is 273 g/mol. The third-order valence-electron chi connectivity index (χ3n) is 3.29. The molecule has 0 aliphatic carbocycles. The van der Waals surface area contributed by atoms with Gasteiger partial charge in [-0.2, -0.15) is 0 Å². The van der Waals surface area contributed by atoms with Crippen LogP contribution in [0.5, 0.6) is 0 Å². The van der Waals surface area contributed by atoms with Crippen LogP contribution in [0.2, 0.25) is 0 Å². The number of amides is 2. The van der Waals surface area contributed by atoms with Gasteiger partial charge in [0.2, 0.25) is 0 Å². The number of pyridine rings is 1. The summed E-state index contributed by atoms with van der Waals surface area (Å²) < 4.78 is 6.92. The number of ether oxygens (including phenoxy) is 1. The number of carbonyl (C=O) groups is 2. The summed E-state index contributed by atoms with van der Waals surface area (Å²) >= 11 is 0. The molecule has 0 bridgehead atoms. The number of rotatable bonds is 2. The summed E-state index contributed by atoms with van der Waals surface area (Å²) in [5.41, 5.74) is 1.45. The van der Waals surface area contributed by atoms with Crippen LogP contribution in [0, 0.1) is 6.92 Å². The predicted octanol–water partition coefficient (Wildman–Crippen LogP) is 1.90. The van der Waals surface area contributed by atoms with E-state index in [1.165, 1.54) is 0 Å². The zero-order chi connectivity index (χ0) is 14.5. The first-order valence-electron chi connectivity index (χ1n) is 6.36. The number of carbonyl (C=O) groups excluding carboxylic acids is 2. The maximum atomic E-state index is 12.1. The van der Waals surface area contributed by atoms with Gasteiger partial charge >= 0.3 is 6.09 Å². The molecule has 3 heterocycles. The molecule has 2 amide bonds. The molecule has 0 spiro atoms. The topological polar surface area (TPSA) is 63.9 Å². The zero-order valence-corrected chi connectivity index (χ0v) is 11.6. The number of cyclic esters (lactones) is 1. The lowest BCUT2D eigenvalue weighted by molar-refractivity contribution is -0.134. The van der Waals surface area contributed by atoms with Crippen molar-refractivity contribution < 1.29 is 14.3 Å². The van der Waals surface area contributed by atoms with Crippen molar-refractivity contribution in [3.63, 3.8) is 0 Å². The van der Waals surface area contributed by atoms with Crippen molar-refractivity contribution in [2.75, 3.05) is 0 Å². The number of aryl methyl sites for hydroxylation is 1. The number of imide groups is 1. The third-order valence-corrected chi connectivity index (χ3v) is 3.29. The van der Waals surface area contributed by atoms with Gasteiger partial charge in [0.25, 0.3) is 5.91 Å². The fraction of sp³-hybridized carbons (Fsp3) is 0.357. The Bertz CT molecular complexity index is 718. The fourth-order valence-electron chi connectivity index (χ4n) is 2.26. The molecule has 0 saturated carbocycles. The predicted molar refractivity (Wildman–Crippen MR) is 71.0 cm³/mol. The average molecular weight is 273 g/mol. The van der Waals surface area contributed by atoms with E-state index in [1.807, 2.05) is 35.9 Å². The Labute approximate surface area is 116 Å². The van der Waals surface area contributed by atoms with Crippen molar-refractivity contribution in [3.05, 3.63) is 35.8 Å². The minimum absolute atomic E-state index is 0.127. The highest BCUT2D eigenvalue weighted by Gasteiger charge is 2.47. The Morgan fingerprint density at radius 1 is 1.25 bits per heavy atom. The van der Waals surface area contributed by atoms with Gasteiger partial charge in [-0.1, -0.05) is 6.07 Å². The molecule has 2 aromatic heterocycles. The molecule has 2 aromatic rings. The van der Waals surface area contributed by atoms with E-state index in [0.29, 0.717) is 5.69 Å². The van der Waals surface area contributed by atoms with Crippen molar-refractivity contribution >= 4 is 17.6 Å². The molecule has 0 radical (unpaired) electrons. The second kappa shape index (κ2) is 4.06. The summed E-state index contributed by atoms with van der Waals surface area (Å²) in [5, 5.41) is 0. The molecule has 6 heteroatoms. The maximum Gasteiger partial charge on any atom is 0.418 e. The van der Waals surface area contributed by atoms with E-state index < -0.39 is 11.7 Å². The molecular weight excluding hydrogens is 258 g/mol. The van der Waals surface area contributed by atoms with Gasteiger partial charge in [-0.15, -0.1) is 0 Å². The number of nitrogens with zero attached hydrogens (tertiary/aromatic N) is 3. The van der Waals surface area contributed by atoms with E-state index in [4.69, 9.17) is 4.74 Å². The van der Waals surface area contributed by atoms with E-state index in [0.717, 1.165) is 16.1 Å². The highest BCUT2D eigenvalue weighted by Crippen LogP contribution is 2.25. The Morgan fingerprint density at radius 3 is 2.65 bits per heavy atom. The summed E-state index contributed by atoms with van der Waals surface area (Å²) in [6.45, 7) is 5.28. The molecule has 1 aliphatic rings. The minimum Gasteiger partial charge on any atom is -0.433 e. The van der Waals surface area contributed by atoms with Gasteiger partial charge < -0.3 is 9.14 Å². The van der Waals surface area contributed by atoms with Crippen molar-refractivity contribution in [1.29, 1.82) is 0 Å². The van der Waals surface area contributed by atoms with Crippen LogP contribution in [0.3, 0.4) is 0 Å². The van der Waals surface area contributed by atoms with Crippen LogP contribution in [0.15, 0.2) is 24.5 Å². The maximum absolute atomic E-state index is 12.1. The first-order valence-corrected chi connectivity index (χ1v) is 6.36. The highest BCUT2D eigenvalue weighted by atomic mass is 16.6. The Kier molecular flexibility index (Phi) is 2.57. The van der Waals surface area contributed by atoms with Gasteiger partial charge in [0.15, 0.2) is 5.60 Å². The number of hydrogen-bond acceptors (Lipinski definition) is 4. The van der Waals surface area contributed by atoms with Crippen LogP contribution in [-0.4, -0.2) is 31.9 Å². The summed E-state index contributed by atoms with van der Waals surface area (Å²) in [6, 6.07) is 3.86. The average Bonchev–Trinajstić information content (AvgIpc) is 2.83. The second-order valence-electron chi connectivity index (χ2n) is 5.47. The van der Waals surface area contributed by atoms with Crippen LogP contribution in [0.1, 0.15) is 25.1 Å². The summed E-state index contributed by atoms with van der Waals surface area (Å²) in [5.74, 6) is -0.337. The van der Waals surface area contributed by atoms with Crippen LogP contribution >= 0.6 is 0 Å². The van der Waals surface area contributed by atoms with Crippen molar-refractivity contribution in [2.24, 2.45) is 0 Å². The van der Waals surface area contributed by atoms with E-state index >= 15 is 0 Å². The number of fused-ring (bicyclic) bond motifs is 1. The molecule has 6 nitrogen and oxygen atoms in total. The van der Waals surface area contributed by atoms with Crippen molar-refractivity contribution in [3.8, 4) is 0 Å². The van der Waals surface area contributed by atoms with E-state index in [9.17, 15) is 9.59 Å². The van der Waals surface area contributed by atoms with Crippen LogP contribution < -0.4 is 0 Å². The largest absolute Gasteiger partial charge is 0.433 e. The van der Waals surface area contributed by atoms with Crippen LogP contribution in [0.4, 0.5) is 4.79 Å². The molecule has 1 fully saturated rings. The first-order chi connectivity index (χ1) is 9.37. The van der Waals surface area contributed by atoms with Crippen LogP contribution in [0.25, 0.3) is 5.65 Å². The number of aromatic nitrogens is 2. The van der Waals surface area contributed by atoms with Crippen molar-refractivity contribution in [2.45, 2.75) is 32.9 Å². The smallest absolute Gasteiger partial charge is 0.418 e. The zero-order valence-electron chi connectivity index (χ0n) is 11.6. The Hall–Kier alpha value is -2.37. The van der Waals surface area contributed by atoms with Gasteiger partial charge in [0.05, 0.1) is 12.2 Å². The molecule has 1 aliphatic heterocycles. The highest BCUT2D eigenvalue weighted by molar-refractivity contribution is 6.02. The van der Waals surface area contributed by atoms with Gasteiger partial charge in [0, 0.05) is 12.4 Å². The van der Waals surface area contributed by atoms with E-state index in [-0.39, 0.29) is 12.5 Å². The SMILES string of the molecule is Cc1ccc2nc(CN3C(=O)OC(C)(C)C3=O)cn2c1. The first kappa shape index (κ1) is 12.7. The molecule has 0 N–H and O–H groups in total. The van der Waals surface area contributed by atoms with E-state index in [1.54, 1.807) is 13.8 Å². The summed E-state index contributed by atoms with van der Waals surface area (Å²) in [7, 11) is 0. The van der Waals surface area contributed by atoms with Crippen molar-refractivity contribution in [1.82, 2.24) is 14.3 Å². The molecule has 3 rings (SSSR count). The number of imidazole rings is 1. The van der Waals surface area contributed by atoms with E-state index in [2.05, 4.69) is 4.98 Å². The van der Waals surface area contributed by atoms with Gasteiger partial charge in [-0.3, -0.25) is 4.79 Å². The standard InChI is InChI=1S/C14H15N3O3/c1-9-4-5-11-15-10(7-16(11)6-9)8-17-12(18)14(2,3)20-13(17)19/h4-7H,8H2,1-3H3. The third kappa shape index (κ3) is 1.93. The molecule has 0 aromatic carbocycles. The summed E-state index contributed by atoms with van der Waals surface area (Å²) in [6.07, 6.45) is 3.14. The molecule has 0 atom stereocenters. The summed E-state index contributed by atoms with van der Waals surface area (Å²) in [4.78, 5) is 29.3.